The van der Waals surface area contributed by atoms with E-state index in [0.717, 1.165) is 31.0 Å². The van der Waals surface area contributed by atoms with Gasteiger partial charge in [-0.25, -0.2) is 0 Å². The minimum atomic E-state index is 0.787. The van der Waals surface area contributed by atoms with Crippen molar-refractivity contribution >= 4 is 5.69 Å². The molecule has 0 spiro atoms. The molecule has 0 heterocycles. The van der Waals surface area contributed by atoms with Gasteiger partial charge in [-0.15, -0.1) is 0 Å². The molecule has 13 heavy (non-hydrogen) atoms. The number of hydrogen-bond donors (Lipinski definition) is 1. The Bertz CT molecular complexity index is 248. The molecular weight excluding hydrogens is 162 g/mol. The number of hydrogen-bond acceptors (Lipinski definition) is 2. The van der Waals surface area contributed by atoms with E-state index in [2.05, 4.69) is 19.2 Å². The molecule has 1 aromatic rings. The summed E-state index contributed by atoms with van der Waals surface area (Å²) in [5.41, 5.74) is 1.12. The van der Waals surface area contributed by atoms with Crippen molar-refractivity contribution in [2.75, 3.05) is 18.5 Å². The SMILES string of the molecule is CCCOc1cccc(NCC)c1. The lowest BCUT2D eigenvalue weighted by Gasteiger charge is -2.07. The van der Waals surface area contributed by atoms with Crippen LogP contribution in [0, 0.1) is 0 Å². The van der Waals surface area contributed by atoms with E-state index in [4.69, 9.17) is 4.74 Å². The van der Waals surface area contributed by atoms with Gasteiger partial charge >= 0.3 is 0 Å². The van der Waals surface area contributed by atoms with Crippen molar-refractivity contribution in [2.45, 2.75) is 20.3 Å². The third kappa shape index (κ3) is 3.36. The molecule has 0 bridgehead atoms. The third-order valence-electron chi connectivity index (χ3n) is 1.69. The van der Waals surface area contributed by atoms with Crippen LogP contribution in [0.1, 0.15) is 20.3 Å². The summed E-state index contributed by atoms with van der Waals surface area (Å²) in [7, 11) is 0. The topological polar surface area (TPSA) is 21.3 Å². The summed E-state index contributed by atoms with van der Waals surface area (Å²) < 4.78 is 5.50. The van der Waals surface area contributed by atoms with Crippen LogP contribution in [0.4, 0.5) is 5.69 Å². The van der Waals surface area contributed by atoms with Gasteiger partial charge < -0.3 is 10.1 Å². The van der Waals surface area contributed by atoms with E-state index in [1.807, 2.05) is 24.3 Å². The summed E-state index contributed by atoms with van der Waals surface area (Å²) in [6, 6.07) is 8.06. The molecule has 0 fully saturated rings. The minimum Gasteiger partial charge on any atom is -0.494 e. The lowest BCUT2D eigenvalue weighted by atomic mass is 10.3. The predicted molar refractivity (Wildman–Crippen MR) is 56.4 cm³/mol. The molecule has 2 heteroatoms. The summed E-state index contributed by atoms with van der Waals surface area (Å²) >= 11 is 0. The van der Waals surface area contributed by atoms with Crippen molar-refractivity contribution in [3.05, 3.63) is 24.3 Å². The van der Waals surface area contributed by atoms with Gasteiger partial charge in [0.2, 0.25) is 0 Å². The highest BCUT2D eigenvalue weighted by atomic mass is 16.5. The summed E-state index contributed by atoms with van der Waals surface area (Å²) in [5.74, 6) is 0.945. The van der Waals surface area contributed by atoms with E-state index in [1.165, 1.54) is 0 Å². The second-order valence-corrected chi connectivity index (χ2v) is 2.91. The van der Waals surface area contributed by atoms with E-state index in [9.17, 15) is 0 Å². The first-order valence-corrected chi connectivity index (χ1v) is 4.83. The first-order chi connectivity index (χ1) is 6.36. The highest BCUT2D eigenvalue weighted by Crippen LogP contribution is 2.16. The number of rotatable bonds is 5. The molecule has 1 aromatic carbocycles. The lowest BCUT2D eigenvalue weighted by Crippen LogP contribution is -1.98. The molecule has 1 N–H and O–H groups in total. The number of ether oxygens (including phenoxy) is 1. The number of anilines is 1. The average Bonchev–Trinajstić information content (AvgIpc) is 2.16. The molecule has 1 rings (SSSR count). The van der Waals surface area contributed by atoms with E-state index >= 15 is 0 Å². The Morgan fingerprint density at radius 2 is 2.15 bits per heavy atom. The van der Waals surface area contributed by atoms with Gasteiger partial charge in [0.15, 0.2) is 0 Å². The van der Waals surface area contributed by atoms with Crippen LogP contribution < -0.4 is 10.1 Å². The largest absolute Gasteiger partial charge is 0.494 e. The van der Waals surface area contributed by atoms with Crippen molar-refractivity contribution in [1.82, 2.24) is 0 Å². The van der Waals surface area contributed by atoms with Crippen LogP contribution >= 0.6 is 0 Å². The molecule has 0 aliphatic rings. The normalized spacial score (nSPS) is 9.69. The van der Waals surface area contributed by atoms with Gasteiger partial charge in [-0.05, 0) is 25.5 Å². The molecule has 0 atom stereocenters. The van der Waals surface area contributed by atoms with Crippen molar-refractivity contribution in [2.24, 2.45) is 0 Å². The standard InChI is InChI=1S/C11H17NO/c1-3-8-13-11-7-5-6-10(9-11)12-4-2/h5-7,9,12H,3-4,8H2,1-2H3. The fraction of sp³-hybridized carbons (Fsp3) is 0.455. The van der Waals surface area contributed by atoms with Crippen LogP contribution in [-0.2, 0) is 0 Å². The summed E-state index contributed by atoms with van der Waals surface area (Å²) in [5, 5.41) is 3.24. The molecule has 2 nitrogen and oxygen atoms in total. The first-order valence-electron chi connectivity index (χ1n) is 4.83. The zero-order valence-electron chi connectivity index (χ0n) is 8.34. The highest BCUT2D eigenvalue weighted by Gasteiger charge is 1.94. The van der Waals surface area contributed by atoms with Crippen LogP contribution in [0.2, 0.25) is 0 Å². The monoisotopic (exact) mass is 179 g/mol. The lowest BCUT2D eigenvalue weighted by molar-refractivity contribution is 0.317. The van der Waals surface area contributed by atoms with Gasteiger partial charge in [-0.2, -0.15) is 0 Å². The summed E-state index contributed by atoms with van der Waals surface area (Å²) in [4.78, 5) is 0. The Labute approximate surface area is 79.9 Å². The zero-order chi connectivity index (χ0) is 9.52. The summed E-state index contributed by atoms with van der Waals surface area (Å²) in [6.45, 7) is 5.92. The fourth-order valence-electron chi connectivity index (χ4n) is 1.12. The molecule has 0 aromatic heterocycles. The van der Waals surface area contributed by atoms with Crippen LogP contribution in [-0.4, -0.2) is 13.2 Å². The molecule has 0 amide bonds. The smallest absolute Gasteiger partial charge is 0.121 e. The van der Waals surface area contributed by atoms with E-state index in [0.29, 0.717) is 0 Å². The summed E-state index contributed by atoms with van der Waals surface area (Å²) in [6.07, 6.45) is 1.05. The Hall–Kier alpha value is -1.18. The molecule has 0 saturated carbocycles. The zero-order valence-corrected chi connectivity index (χ0v) is 8.34. The maximum absolute atomic E-state index is 5.50. The predicted octanol–water partition coefficient (Wildman–Crippen LogP) is 2.91. The number of nitrogens with one attached hydrogen (secondary N) is 1. The second-order valence-electron chi connectivity index (χ2n) is 2.91. The second kappa shape index (κ2) is 5.46. The van der Waals surface area contributed by atoms with Crippen molar-refractivity contribution in [3.8, 4) is 5.75 Å². The van der Waals surface area contributed by atoms with Crippen LogP contribution in [0.5, 0.6) is 5.75 Å². The van der Waals surface area contributed by atoms with Crippen molar-refractivity contribution in [3.63, 3.8) is 0 Å². The van der Waals surface area contributed by atoms with E-state index in [-0.39, 0.29) is 0 Å². The Morgan fingerprint density at radius 3 is 2.85 bits per heavy atom. The van der Waals surface area contributed by atoms with Crippen LogP contribution in [0.3, 0.4) is 0 Å². The fourth-order valence-corrected chi connectivity index (χ4v) is 1.12. The molecule has 0 aliphatic heterocycles. The minimum absolute atomic E-state index is 0.787. The number of benzene rings is 1. The van der Waals surface area contributed by atoms with Crippen LogP contribution in [0.15, 0.2) is 24.3 Å². The maximum atomic E-state index is 5.50. The molecular formula is C11H17NO. The van der Waals surface area contributed by atoms with E-state index in [1.54, 1.807) is 0 Å². The van der Waals surface area contributed by atoms with Crippen molar-refractivity contribution in [1.29, 1.82) is 0 Å². The van der Waals surface area contributed by atoms with Gasteiger partial charge in [-0.1, -0.05) is 13.0 Å². The maximum Gasteiger partial charge on any atom is 0.121 e. The van der Waals surface area contributed by atoms with Crippen LogP contribution in [0.25, 0.3) is 0 Å². The van der Waals surface area contributed by atoms with Gasteiger partial charge in [0, 0.05) is 18.3 Å². The molecule has 0 aliphatic carbocycles. The quantitative estimate of drug-likeness (QED) is 0.750. The van der Waals surface area contributed by atoms with Gasteiger partial charge in [0.25, 0.3) is 0 Å². The molecule has 0 unspecified atom stereocenters. The van der Waals surface area contributed by atoms with E-state index < -0.39 is 0 Å². The van der Waals surface area contributed by atoms with Gasteiger partial charge in [0.1, 0.15) is 5.75 Å². The van der Waals surface area contributed by atoms with Gasteiger partial charge in [0.05, 0.1) is 6.61 Å². The average molecular weight is 179 g/mol. The Morgan fingerprint density at radius 1 is 1.31 bits per heavy atom. The molecule has 0 radical (unpaired) electrons. The molecule has 72 valence electrons. The Balaban J connectivity index is 2.56. The first kappa shape index (κ1) is 9.90. The van der Waals surface area contributed by atoms with Gasteiger partial charge in [-0.3, -0.25) is 0 Å². The molecule has 0 saturated heterocycles. The highest BCUT2D eigenvalue weighted by molar-refractivity contribution is 5.47. The Kier molecular flexibility index (Phi) is 4.16. The third-order valence-corrected chi connectivity index (χ3v) is 1.69. The van der Waals surface area contributed by atoms with Crippen molar-refractivity contribution < 1.29 is 4.74 Å².